The molecule has 0 spiro atoms. The van der Waals surface area contributed by atoms with Crippen molar-refractivity contribution in [3.05, 3.63) is 46.3 Å². The predicted molar refractivity (Wildman–Crippen MR) is 74.2 cm³/mol. The molecule has 3 rings (SSSR count). The van der Waals surface area contributed by atoms with Gasteiger partial charge in [-0.05, 0) is 19.1 Å². The van der Waals surface area contributed by atoms with Crippen molar-refractivity contribution in [3.63, 3.8) is 0 Å². The molecule has 0 aliphatic carbocycles. The summed E-state index contributed by atoms with van der Waals surface area (Å²) in [6.45, 7) is 5.40. The molecule has 0 aromatic carbocycles. The third-order valence-corrected chi connectivity index (χ3v) is 3.75. The Balaban J connectivity index is 1.95. The molecule has 1 fully saturated rings. The third-order valence-electron chi connectivity index (χ3n) is 3.75. The van der Waals surface area contributed by atoms with Crippen molar-refractivity contribution in [2.24, 2.45) is 0 Å². The van der Waals surface area contributed by atoms with Crippen LogP contribution in [0.1, 0.15) is 12.5 Å². The Hall–Kier alpha value is -1.79. The van der Waals surface area contributed by atoms with Crippen LogP contribution in [0.4, 0.5) is 4.39 Å². The summed E-state index contributed by atoms with van der Waals surface area (Å²) in [5.74, 6) is -0.436. The fourth-order valence-electron chi connectivity index (χ4n) is 2.53. The summed E-state index contributed by atoms with van der Waals surface area (Å²) in [6.07, 6.45) is 2.79. The molecule has 20 heavy (non-hydrogen) atoms. The van der Waals surface area contributed by atoms with E-state index in [0.717, 1.165) is 19.6 Å². The first-order valence-electron chi connectivity index (χ1n) is 6.76. The van der Waals surface area contributed by atoms with Gasteiger partial charge >= 0.3 is 0 Å². The molecule has 106 valence electrons. The lowest BCUT2D eigenvalue weighted by Crippen LogP contribution is -2.49. The molecule has 5 nitrogen and oxygen atoms in total. The van der Waals surface area contributed by atoms with Gasteiger partial charge in [0.2, 0.25) is 0 Å². The second-order valence-electron chi connectivity index (χ2n) is 5.19. The standard InChI is InChI=1S/C14H17FN4O/c1-10-6-16-4-5-18(10)8-11-7-17-13-3-2-12(15)9-19(13)14(11)20/h2-3,7,9-10,16H,4-6,8H2,1H3/t10-/m1/s1. The van der Waals surface area contributed by atoms with Crippen LogP contribution in [0.15, 0.2) is 29.3 Å². The normalized spacial score (nSPS) is 20.4. The van der Waals surface area contributed by atoms with Crippen LogP contribution in [0, 0.1) is 5.82 Å². The molecule has 2 aromatic heterocycles. The Morgan fingerprint density at radius 1 is 1.50 bits per heavy atom. The molecule has 1 aliphatic rings. The Kier molecular flexibility index (Phi) is 3.50. The third kappa shape index (κ3) is 2.44. The molecule has 0 radical (unpaired) electrons. The van der Waals surface area contributed by atoms with E-state index in [1.54, 1.807) is 6.20 Å². The monoisotopic (exact) mass is 276 g/mol. The first-order valence-corrected chi connectivity index (χ1v) is 6.76. The second-order valence-corrected chi connectivity index (χ2v) is 5.19. The zero-order chi connectivity index (χ0) is 14.1. The molecule has 0 bridgehead atoms. The first-order chi connectivity index (χ1) is 9.65. The number of hydrogen-bond donors (Lipinski definition) is 1. The van der Waals surface area contributed by atoms with Crippen LogP contribution < -0.4 is 10.9 Å². The fourth-order valence-corrected chi connectivity index (χ4v) is 2.53. The molecule has 1 atom stereocenters. The molecule has 2 aromatic rings. The Bertz CT molecular complexity index is 684. The van der Waals surface area contributed by atoms with E-state index in [9.17, 15) is 9.18 Å². The van der Waals surface area contributed by atoms with E-state index in [2.05, 4.69) is 22.1 Å². The van der Waals surface area contributed by atoms with E-state index >= 15 is 0 Å². The van der Waals surface area contributed by atoms with Crippen molar-refractivity contribution in [2.45, 2.75) is 19.5 Å². The summed E-state index contributed by atoms with van der Waals surface area (Å²) in [5.41, 5.74) is 0.871. The van der Waals surface area contributed by atoms with E-state index in [1.165, 1.54) is 22.7 Å². The quantitative estimate of drug-likeness (QED) is 0.874. The highest BCUT2D eigenvalue weighted by atomic mass is 19.1. The van der Waals surface area contributed by atoms with Crippen LogP contribution in [0.5, 0.6) is 0 Å². The molecule has 1 aliphatic heterocycles. The Morgan fingerprint density at radius 2 is 2.35 bits per heavy atom. The minimum atomic E-state index is -0.436. The molecule has 0 saturated carbocycles. The SMILES string of the molecule is C[C@@H]1CNCCN1Cc1cnc2ccc(F)cn2c1=O. The maximum Gasteiger partial charge on any atom is 0.262 e. The molecular weight excluding hydrogens is 259 g/mol. The summed E-state index contributed by atoms with van der Waals surface area (Å²) in [5, 5.41) is 3.31. The van der Waals surface area contributed by atoms with Crippen molar-refractivity contribution >= 4 is 5.65 Å². The summed E-state index contributed by atoms with van der Waals surface area (Å²) in [7, 11) is 0. The minimum absolute atomic E-state index is 0.194. The Labute approximate surface area is 116 Å². The Morgan fingerprint density at radius 3 is 3.15 bits per heavy atom. The molecule has 0 unspecified atom stereocenters. The van der Waals surface area contributed by atoms with Crippen molar-refractivity contribution in [1.29, 1.82) is 0 Å². The van der Waals surface area contributed by atoms with Gasteiger partial charge in [0.05, 0.1) is 5.56 Å². The van der Waals surface area contributed by atoms with E-state index in [4.69, 9.17) is 0 Å². The summed E-state index contributed by atoms with van der Waals surface area (Å²) >= 11 is 0. The number of nitrogens with zero attached hydrogens (tertiary/aromatic N) is 3. The predicted octanol–water partition coefficient (Wildman–Crippen LogP) is 0.627. The number of piperazine rings is 1. The van der Waals surface area contributed by atoms with Crippen LogP contribution in [-0.2, 0) is 6.54 Å². The summed E-state index contributed by atoms with van der Waals surface area (Å²) < 4.78 is 14.5. The van der Waals surface area contributed by atoms with E-state index in [0.29, 0.717) is 23.8 Å². The fraction of sp³-hybridized carbons (Fsp3) is 0.429. The van der Waals surface area contributed by atoms with Crippen LogP contribution in [-0.4, -0.2) is 40.0 Å². The summed E-state index contributed by atoms with van der Waals surface area (Å²) in [6, 6.07) is 3.18. The zero-order valence-electron chi connectivity index (χ0n) is 11.3. The minimum Gasteiger partial charge on any atom is -0.314 e. The van der Waals surface area contributed by atoms with E-state index in [-0.39, 0.29) is 5.56 Å². The molecule has 3 heterocycles. The van der Waals surface area contributed by atoms with Crippen LogP contribution in [0.25, 0.3) is 5.65 Å². The number of halogens is 1. The molecule has 1 saturated heterocycles. The van der Waals surface area contributed by atoms with Gasteiger partial charge in [-0.25, -0.2) is 9.37 Å². The largest absolute Gasteiger partial charge is 0.314 e. The lowest BCUT2D eigenvalue weighted by Gasteiger charge is -2.33. The molecule has 0 amide bonds. The van der Waals surface area contributed by atoms with Gasteiger partial charge in [-0.15, -0.1) is 0 Å². The lowest BCUT2D eigenvalue weighted by atomic mass is 10.2. The highest BCUT2D eigenvalue weighted by Crippen LogP contribution is 2.08. The topological polar surface area (TPSA) is 49.6 Å². The lowest BCUT2D eigenvalue weighted by molar-refractivity contribution is 0.165. The van der Waals surface area contributed by atoms with Crippen molar-refractivity contribution in [2.75, 3.05) is 19.6 Å². The van der Waals surface area contributed by atoms with Gasteiger partial charge in [0.25, 0.3) is 5.56 Å². The van der Waals surface area contributed by atoms with Crippen LogP contribution in [0.3, 0.4) is 0 Å². The average molecular weight is 276 g/mol. The highest BCUT2D eigenvalue weighted by molar-refractivity contribution is 5.38. The number of aromatic nitrogens is 2. The zero-order valence-corrected chi connectivity index (χ0v) is 11.3. The number of pyridine rings is 1. The van der Waals surface area contributed by atoms with Gasteiger partial charge in [0.1, 0.15) is 11.5 Å². The van der Waals surface area contributed by atoms with Crippen LogP contribution in [0.2, 0.25) is 0 Å². The second kappa shape index (κ2) is 5.30. The number of fused-ring (bicyclic) bond motifs is 1. The first kappa shape index (κ1) is 13.2. The molecular formula is C14H17FN4O. The van der Waals surface area contributed by atoms with Gasteiger partial charge in [0.15, 0.2) is 0 Å². The maximum absolute atomic E-state index is 13.3. The van der Waals surface area contributed by atoms with E-state index in [1.807, 2.05) is 0 Å². The van der Waals surface area contributed by atoms with E-state index < -0.39 is 5.82 Å². The van der Waals surface area contributed by atoms with Gasteiger partial charge < -0.3 is 5.32 Å². The number of rotatable bonds is 2. The van der Waals surface area contributed by atoms with Gasteiger partial charge in [-0.3, -0.25) is 14.1 Å². The molecule has 6 heteroatoms. The van der Waals surface area contributed by atoms with Gasteiger partial charge in [-0.2, -0.15) is 0 Å². The van der Waals surface area contributed by atoms with Gasteiger partial charge in [0, 0.05) is 44.6 Å². The van der Waals surface area contributed by atoms with Crippen molar-refractivity contribution in [3.8, 4) is 0 Å². The van der Waals surface area contributed by atoms with Crippen LogP contribution >= 0.6 is 0 Å². The smallest absolute Gasteiger partial charge is 0.262 e. The van der Waals surface area contributed by atoms with Crippen molar-refractivity contribution in [1.82, 2.24) is 19.6 Å². The number of hydrogen-bond acceptors (Lipinski definition) is 4. The van der Waals surface area contributed by atoms with Gasteiger partial charge in [-0.1, -0.05) is 0 Å². The highest BCUT2D eigenvalue weighted by Gasteiger charge is 2.19. The summed E-state index contributed by atoms with van der Waals surface area (Å²) in [4.78, 5) is 18.8. The average Bonchev–Trinajstić information content (AvgIpc) is 2.45. The van der Waals surface area contributed by atoms with Crippen molar-refractivity contribution < 1.29 is 4.39 Å². The maximum atomic E-state index is 13.3. The molecule has 1 N–H and O–H groups in total. The number of nitrogens with one attached hydrogen (secondary N) is 1.